The molecule has 0 aliphatic carbocycles. The third kappa shape index (κ3) is 4.70. The molecule has 2 aliphatic rings. The summed E-state index contributed by atoms with van der Waals surface area (Å²) in [6, 6.07) is 14.1. The highest BCUT2D eigenvalue weighted by molar-refractivity contribution is 7.89. The summed E-state index contributed by atoms with van der Waals surface area (Å²) in [4.78, 5) is 14.7. The molecular weight excluding hydrogens is 416 g/mol. The molecular formula is C23H28N2O5S. The Hall–Kier alpha value is -2.58. The van der Waals surface area contributed by atoms with Crippen molar-refractivity contribution in [1.29, 1.82) is 0 Å². The highest BCUT2D eigenvalue weighted by atomic mass is 32.2. The number of nitrogens with zero attached hydrogens (tertiary/aromatic N) is 2. The molecule has 0 bridgehead atoms. The van der Waals surface area contributed by atoms with E-state index >= 15 is 0 Å². The summed E-state index contributed by atoms with van der Waals surface area (Å²) in [7, 11) is -3.71. The molecule has 8 heteroatoms. The van der Waals surface area contributed by atoms with Gasteiger partial charge in [-0.15, -0.1) is 0 Å². The first kappa shape index (κ1) is 21.6. The van der Waals surface area contributed by atoms with Crippen LogP contribution in [0.2, 0.25) is 0 Å². The number of carbonyl (C=O) groups is 1. The van der Waals surface area contributed by atoms with E-state index in [0.29, 0.717) is 24.6 Å². The fourth-order valence-corrected chi connectivity index (χ4v) is 5.41. The van der Waals surface area contributed by atoms with Gasteiger partial charge in [-0.3, -0.25) is 4.79 Å². The maximum absolute atomic E-state index is 13.2. The highest BCUT2D eigenvalue weighted by Crippen LogP contribution is 2.35. The topological polar surface area (TPSA) is 76.2 Å². The van der Waals surface area contributed by atoms with Crippen LogP contribution in [0.3, 0.4) is 0 Å². The van der Waals surface area contributed by atoms with Crippen LogP contribution in [0.4, 0.5) is 0 Å². The molecule has 166 valence electrons. The van der Waals surface area contributed by atoms with Gasteiger partial charge in [0.1, 0.15) is 6.61 Å². The number of piperidine rings is 1. The number of amides is 1. The zero-order valence-electron chi connectivity index (χ0n) is 17.7. The first-order chi connectivity index (χ1) is 15.0. The second-order valence-corrected chi connectivity index (χ2v) is 9.77. The van der Waals surface area contributed by atoms with E-state index in [-0.39, 0.29) is 17.4 Å². The van der Waals surface area contributed by atoms with Crippen molar-refractivity contribution in [2.75, 3.05) is 26.2 Å². The molecule has 1 unspecified atom stereocenters. The van der Waals surface area contributed by atoms with E-state index in [1.165, 1.54) is 16.4 Å². The molecule has 4 rings (SSSR count). The van der Waals surface area contributed by atoms with Crippen molar-refractivity contribution >= 4 is 15.9 Å². The van der Waals surface area contributed by atoms with E-state index < -0.39 is 16.1 Å². The van der Waals surface area contributed by atoms with Crippen molar-refractivity contribution in [2.24, 2.45) is 0 Å². The second-order valence-electron chi connectivity index (χ2n) is 7.83. The standard InChI is InChI=1S/C23H28N2O5S/c1-2-25(16-18-9-5-3-6-10-18)31(27,28)19-11-12-20-21(15-19)29-17-22(30-20)23(26)24-13-7-4-8-14-24/h3,5-6,9-12,15,22H,2,4,7-8,13-14,16-17H2,1H3. The molecule has 0 radical (unpaired) electrons. The zero-order chi connectivity index (χ0) is 21.8. The number of carbonyl (C=O) groups excluding carboxylic acids is 1. The van der Waals surface area contributed by atoms with Gasteiger partial charge in [0.15, 0.2) is 11.5 Å². The predicted octanol–water partition coefficient (Wildman–Crippen LogP) is 3.05. The average Bonchev–Trinajstić information content (AvgIpc) is 2.82. The van der Waals surface area contributed by atoms with Gasteiger partial charge in [-0.25, -0.2) is 8.42 Å². The number of rotatable bonds is 6. The number of hydrogen-bond acceptors (Lipinski definition) is 5. The SMILES string of the molecule is CCN(Cc1ccccc1)S(=O)(=O)c1ccc2c(c1)OCC(C(=O)N1CCCCC1)O2. The predicted molar refractivity (Wildman–Crippen MR) is 116 cm³/mol. The van der Waals surface area contributed by atoms with Crippen molar-refractivity contribution in [3.05, 3.63) is 54.1 Å². The average molecular weight is 445 g/mol. The second kappa shape index (κ2) is 9.28. The quantitative estimate of drug-likeness (QED) is 0.685. The van der Waals surface area contributed by atoms with Crippen molar-refractivity contribution in [3.8, 4) is 11.5 Å². The molecule has 1 atom stereocenters. The first-order valence-corrected chi connectivity index (χ1v) is 12.2. The van der Waals surface area contributed by atoms with Crippen LogP contribution < -0.4 is 9.47 Å². The number of ether oxygens (including phenoxy) is 2. The summed E-state index contributed by atoms with van der Waals surface area (Å²) in [6.45, 7) is 4.02. The molecule has 2 aliphatic heterocycles. The normalized spacial score (nSPS) is 18.8. The number of hydrogen-bond donors (Lipinski definition) is 0. The van der Waals surface area contributed by atoms with Gasteiger partial charge in [0.05, 0.1) is 4.90 Å². The highest BCUT2D eigenvalue weighted by Gasteiger charge is 2.33. The molecule has 0 N–H and O–H groups in total. The Balaban J connectivity index is 1.49. The van der Waals surface area contributed by atoms with Crippen LogP contribution in [0.5, 0.6) is 11.5 Å². The van der Waals surface area contributed by atoms with Crippen LogP contribution in [-0.4, -0.2) is 55.9 Å². The van der Waals surface area contributed by atoms with Crippen LogP contribution in [0.15, 0.2) is 53.4 Å². The van der Waals surface area contributed by atoms with Crippen molar-refractivity contribution < 1.29 is 22.7 Å². The molecule has 0 spiro atoms. The Morgan fingerprint density at radius 3 is 2.52 bits per heavy atom. The van der Waals surface area contributed by atoms with Crippen LogP contribution in [-0.2, 0) is 21.4 Å². The van der Waals surface area contributed by atoms with Crippen LogP contribution in [0, 0.1) is 0 Å². The largest absolute Gasteiger partial charge is 0.485 e. The van der Waals surface area contributed by atoms with E-state index in [1.54, 1.807) is 6.07 Å². The lowest BCUT2D eigenvalue weighted by molar-refractivity contribution is -0.142. The van der Waals surface area contributed by atoms with Gasteiger partial charge >= 0.3 is 0 Å². The summed E-state index contributed by atoms with van der Waals surface area (Å²) < 4.78 is 39.5. The molecule has 1 saturated heterocycles. The number of benzene rings is 2. The van der Waals surface area contributed by atoms with Crippen molar-refractivity contribution in [3.63, 3.8) is 0 Å². The molecule has 2 aromatic rings. The summed E-state index contributed by atoms with van der Waals surface area (Å²) in [5.74, 6) is 0.674. The molecule has 2 aromatic carbocycles. The lowest BCUT2D eigenvalue weighted by Gasteiger charge is -2.33. The van der Waals surface area contributed by atoms with Crippen molar-refractivity contribution in [1.82, 2.24) is 9.21 Å². The number of likely N-dealkylation sites (tertiary alicyclic amines) is 1. The third-order valence-electron chi connectivity index (χ3n) is 5.71. The van der Waals surface area contributed by atoms with Gasteiger partial charge < -0.3 is 14.4 Å². The molecule has 1 fully saturated rings. The Bertz CT molecular complexity index is 1020. The number of fused-ring (bicyclic) bond motifs is 1. The van der Waals surface area contributed by atoms with Gasteiger partial charge in [0, 0.05) is 32.2 Å². The summed E-state index contributed by atoms with van der Waals surface area (Å²) >= 11 is 0. The maximum Gasteiger partial charge on any atom is 0.267 e. The Labute approximate surface area is 183 Å². The lowest BCUT2D eigenvalue weighted by atomic mass is 10.1. The Morgan fingerprint density at radius 2 is 1.81 bits per heavy atom. The minimum Gasteiger partial charge on any atom is -0.485 e. The minimum absolute atomic E-state index is 0.0675. The fraction of sp³-hybridized carbons (Fsp3) is 0.435. The van der Waals surface area contributed by atoms with Crippen LogP contribution in [0.25, 0.3) is 0 Å². The van der Waals surface area contributed by atoms with Gasteiger partial charge in [0.2, 0.25) is 16.1 Å². The zero-order valence-corrected chi connectivity index (χ0v) is 18.5. The lowest BCUT2D eigenvalue weighted by Crippen LogP contribution is -2.48. The summed E-state index contributed by atoms with van der Waals surface area (Å²) in [5, 5.41) is 0. The van der Waals surface area contributed by atoms with Crippen molar-refractivity contribution in [2.45, 2.75) is 43.7 Å². The molecule has 0 aromatic heterocycles. The first-order valence-electron chi connectivity index (χ1n) is 10.8. The van der Waals surface area contributed by atoms with Gasteiger partial charge in [-0.1, -0.05) is 37.3 Å². The van der Waals surface area contributed by atoms with Gasteiger partial charge in [-0.05, 0) is 37.0 Å². The molecule has 7 nitrogen and oxygen atoms in total. The van der Waals surface area contributed by atoms with Gasteiger partial charge in [0.25, 0.3) is 5.91 Å². The Morgan fingerprint density at radius 1 is 1.06 bits per heavy atom. The van der Waals surface area contributed by atoms with E-state index in [4.69, 9.17) is 9.47 Å². The van der Waals surface area contributed by atoms with E-state index in [0.717, 1.165) is 37.9 Å². The maximum atomic E-state index is 13.2. The van der Waals surface area contributed by atoms with Gasteiger partial charge in [-0.2, -0.15) is 4.31 Å². The number of sulfonamides is 1. The van der Waals surface area contributed by atoms with E-state index in [2.05, 4.69) is 0 Å². The summed E-state index contributed by atoms with van der Waals surface area (Å²) in [5.41, 5.74) is 0.921. The van der Waals surface area contributed by atoms with E-state index in [9.17, 15) is 13.2 Å². The smallest absolute Gasteiger partial charge is 0.267 e. The van der Waals surface area contributed by atoms with Crippen LogP contribution in [0.1, 0.15) is 31.7 Å². The molecule has 0 saturated carbocycles. The van der Waals surface area contributed by atoms with E-state index in [1.807, 2.05) is 42.2 Å². The fourth-order valence-electron chi connectivity index (χ4n) is 3.95. The molecule has 2 heterocycles. The van der Waals surface area contributed by atoms with Crippen LogP contribution >= 0.6 is 0 Å². The minimum atomic E-state index is -3.71. The Kier molecular flexibility index (Phi) is 6.48. The molecule has 31 heavy (non-hydrogen) atoms. The molecule has 1 amide bonds. The third-order valence-corrected chi connectivity index (χ3v) is 7.63. The monoisotopic (exact) mass is 444 g/mol. The summed E-state index contributed by atoms with van der Waals surface area (Å²) in [6.07, 6.45) is 2.46.